The number of amides is 3. The third-order valence-electron chi connectivity index (χ3n) is 4.64. The largest absolute Gasteiger partial charge is 0.338 e. The van der Waals surface area contributed by atoms with Crippen molar-refractivity contribution >= 4 is 17.6 Å². The molecule has 0 radical (unpaired) electrons. The molecule has 2 aromatic carbocycles. The van der Waals surface area contributed by atoms with Crippen LogP contribution >= 0.6 is 0 Å². The molecule has 1 aliphatic heterocycles. The second kappa shape index (κ2) is 8.52. The van der Waals surface area contributed by atoms with E-state index in [2.05, 4.69) is 10.6 Å². The second-order valence-corrected chi connectivity index (χ2v) is 6.78. The predicted molar refractivity (Wildman–Crippen MR) is 103 cm³/mol. The van der Waals surface area contributed by atoms with Crippen molar-refractivity contribution in [1.29, 1.82) is 0 Å². The monoisotopic (exact) mass is 351 g/mol. The van der Waals surface area contributed by atoms with Crippen LogP contribution in [0.4, 0.5) is 10.5 Å². The number of aryl methyl sites for hydroxylation is 1. The van der Waals surface area contributed by atoms with Gasteiger partial charge in [0.1, 0.15) is 0 Å². The van der Waals surface area contributed by atoms with Crippen molar-refractivity contribution in [2.24, 2.45) is 5.92 Å². The average Bonchev–Trinajstić information content (AvgIpc) is 3.02. The first-order chi connectivity index (χ1) is 12.6. The van der Waals surface area contributed by atoms with Gasteiger partial charge in [-0.05, 0) is 31.0 Å². The lowest BCUT2D eigenvalue weighted by Crippen LogP contribution is -2.39. The van der Waals surface area contributed by atoms with Crippen LogP contribution in [0.15, 0.2) is 54.6 Å². The number of anilines is 1. The van der Waals surface area contributed by atoms with E-state index in [-0.39, 0.29) is 17.9 Å². The third-order valence-corrected chi connectivity index (χ3v) is 4.64. The molecule has 1 saturated heterocycles. The van der Waals surface area contributed by atoms with Crippen molar-refractivity contribution in [2.45, 2.75) is 19.8 Å². The van der Waals surface area contributed by atoms with E-state index in [1.54, 1.807) is 4.90 Å². The SMILES string of the molecule is Cc1ccc(N2CC(CNC(=O)NCCc3ccccc3)CC2=O)cc1. The average molecular weight is 351 g/mol. The van der Waals surface area contributed by atoms with Gasteiger partial charge in [0.15, 0.2) is 0 Å². The minimum Gasteiger partial charge on any atom is -0.338 e. The smallest absolute Gasteiger partial charge is 0.314 e. The Balaban J connectivity index is 1.40. The Labute approximate surface area is 154 Å². The summed E-state index contributed by atoms with van der Waals surface area (Å²) in [5.41, 5.74) is 3.30. The lowest BCUT2D eigenvalue weighted by atomic mass is 10.1. The summed E-state index contributed by atoms with van der Waals surface area (Å²) in [7, 11) is 0. The number of nitrogens with zero attached hydrogens (tertiary/aromatic N) is 1. The van der Waals surface area contributed by atoms with Gasteiger partial charge in [-0.25, -0.2) is 4.79 Å². The first-order valence-electron chi connectivity index (χ1n) is 9.04. The van der Waals surface area contributed by atoms with Crippen LogP contribution in [-0.4, -0.2) is 31.6 Å². The molecule has 1 heterocycles. The van der Waals surface area contributed by atoms with Crippen LogP contribution in [0.25, 0.3) is 0 Å². The van der Waals surface area contributed by atoms with Gasteiger partial charge in [0.2, 0.25) is 5.91 Å². The Morgan fingerprint density at radius 1 is 1.08 bits per heavy atom. The third kappa shape index (κ3) is 4.85. The minimum absolute atomic E-state index is 0.116. The highest BCUT2D eigenvalue weighted by Gasteiger charge is 2.30. The molecule has 3 rings (SSSR count). The maximum Gasteiger partial charge on any atom is 0.314 e. The topological polar surface area (TPSA) is 61.4 Å². The van der Waals surface area contributed by atoms with E-state index < -0.39 is 0 Å². The Hall–Kier alpha value is -2.82. The van der Waals surface area contributed by atoms with Gasteiger partial charge >= 0.3 is 6.03 Å². The zero-order valence-electron chi connectivity index (χ0n) is 15.1. The first-order valence-corrected chi connectivity index (χ1v) is 9.04. The van der Waals surface area contributed by atoms with Crippen LogP contribution in [0, 0.1) is 12.8 Å². The highest BCUT2D eigenvalue weighted by Crippen LogP contribution is 2.24. The Morgan fingerprint density at radius 2 is 1.81 bits per heavy atom. The molecule has 5 heteroatoms. The van der Waals surface area contributed by atoms with Gasteiger partial charge in [0, 0.05) is 37.7 Å². The van der Waals surface area contributed by atoms with Crippen molar-refractivity contribution in [2.75, 3.05) is 24.5 Å². The van der Waals surface area contributed by atoms with Crippen LogP contribution < -0.4 is 15.5 Å². The van der Waals surface area contributed by atoms with E-state index in [0.29, 0.717) is 26.1 Å². The molecule has 2 N–H and O–H groups in total. The summed E-state index contributed by atoms with van der Waals surface area (Å²) in [6.07, 6.45) is 1.27. The predicted octanol–water partition coefficient (Wildman–Crippen LogP) is 2.89. The first kappa shape index (κ1) is 18.0. The van der Waals surface area contributed by atoms with Gasteiger partial charge < -0.3 is 15.5 Å². The molecule has 1 atom stereocenters. The fourth-order valence-corrected chi connectivity index (χ4v) is 3.16. The lowest BCUT2D eigenvalue weighted by molar-refractivity contribution is -0.117. The van der Waals surface area contributed by atoms with Gasteiger partial charge in [-0.2, -0.15) is 0 Å². The molecule has 2 aromatic rings. The molecule has 0 spiro atoms. The number of carbonyl (C=O) groups is 2. The quantitative estimate of drug-likeness (QED) is 0.841. The summed E-state index contributed by atoms with van der Waals surface area (Å²) < 4.78 is 0. The Kier molecular flexibility index (Phi) is 5.89. The fraction of sp³-hybridized carbons (Fsp3) is 0.333. The van der Waals surface area contributed by atoms with Crippen LogP contribution in [-0.2, 0) is 11.2 Å². The van der Waals surface area contributed by atoms with E-state index in [1.165, 1.54) is 11.1 Å². The van der Waals surface area contributed by atoms with E-state index in [0.717, 1.165) is 12.1 Å². The van der Waals surface area contributed by atoms with Gasteiger partial charge in [-0.3, -0.25) is 4.79 Å². The summed E-state index contributed by atoms with van der Waals surface area (Å²) >= 11 is 0. The maximum absolute atomic E-state index is 12.2. The zero-order chi connectivity index (χ0) is 18.4. The number of benzene rings is 2. The van der Waals surface area contributed by atoms with Crippen LogP contribution in [0.1, 0.15) is 17.5 Å². The van der Waals surface area contributed by atoms with Crippen LogP contribution in [0.5, 0.6) is 0 Å². The number of rotatable bonds is 6. The summed E-state index contributed by atoms with van der Waals surface area (Å²) in [6, 6.07) is 17.8. The zero-order valence-corrected chi connectivity index (χ0v) is 15.1. The molecular weight excluding hydrogens is 326 g/mol. The summed E-state index contributed by atoms with van der Waals surface area (Å²) in [5.74, 6) is 0.258. The molecular formula is C21H25N3O2. The highest BCUT2D eigenvalue weighted by molar-refractivity contribution is 5.95. The number of hydrogen-bond donors (Lipinski definition) is 2. The van der Waals surface area contributed by atoms with Crippen LogP contribution in [0.2, 0.25) is 0 Å². The van der Waals surface area contributed by atoms with Crippen molar-refractivity contribution in [3.63, 3.8) is 0 Å². The summed E-state index contributed by atoms with van der Waals surface area (Å²) in [6.45, 7) is 3.77. The second-order valence-electron chi connectivity index (χ2n) is 6.78. The molecule has 3 amide bonds. The van der Waals surface area contributed by atoms with Gasteiger partial charge in [-0.15, -0.1) is 0 Å². The number of urea groups is 1. The maximum atomic E-state index is 12.2. The minimum atomic E-state index is -0.179. The number of carbonyl (C=O) groups excluding carboxylic acids is 2. The highest BCUT2D eigenvalue weighted by atomic mass is 16.2. The number of hydrogen-bond acceptors (Lipinski definition) is 2. The van der Waals surface area contributed by atoms with Crippen molar-refractivity contribution in [3.05, 3.63) is 65.7 Å². The molecule has 0 aliphatic carbocycles. The van der Waals surface area contributed by atoms with E-state index >= 15 is 0 Å². The van der Waals surface area contributed by atoms with Gasteiger partial charge in [0.25, 0.3) is 0 Å². The molecule has 0 bridgehead atoms. The van der Waals surface area contributed by atoms with Crippen molar-refractivity contribution in [1.82, 2.24) is 10.6 Å². The van der Waals surface area contributed by atoms with Crippen molar-refractivity contribution < 1.29 is 9.59 Å². The van der Waals surface area contributed by atoms with Gasteiger partial charge in [0.05, 0.1) is 0 Å². The summed E-state index contributed by atoms with van der Waals surface area (Å²) in [4.78, 5) is 26.0. The Morgan fingerprint density at radius 3 is 2.54 bits per heavy atom. The molecule has 0 saturated carbocycles. The summed E-state index contributed by atoms with van der Waals surface area (Å²) in [5, 5.41) is 5.75. The fourth-order valence-electron chi connectivity index (χ4n) is 3.16. The molecule has 1 fully saturated rings. The standard InChI is InChI=1S/C21H25N3O2/c1-16-7-9-19(10-8-16)24-15-18(13-20(24)25)14-23-21(26)22-12-11-17-5-3-2-4-6-17/h2-10,18H,11-15H2,1H3,(H2,22,23,26). The lowest BCUT2D eigenvalue weighted by Gasteiger charge is -2.17. The van der Waals surface area contributed by atoms with Crippen LogP contribution in [0.3, 0.4) is 0 Å². The molecule has 5 nitrogen and oxygen atoms in total. The van der Waals surface area contributed by atoms with Crippen molar-refractivity contribution in [3.8, 4) is 0 Å². The molecule has 1 aliphatic rings. The Bertz CT molecular complexity index is 744. The van der Waals surface area contributed by atoms with E-state index in [4.69, 9.17) is 0 Å². The molecule has 0 aromatic heterocycles. The molecule has 136 valence electrons. The van der Waals surface area contributed by atoms with E-state index in [9.17, 15) is 9.59 Å². The van der Waals surface area contributed by atoms with E-state index in [1.807, 2.05) is 61.5 Å². The molecule has 1 unspecified atom stereocenters. The molecule has 26 heavy (non-hydrogen) atoms. The number of nitrogens with one attached hydrogen (secondary N) is 2. The van der Waals surface area contributed by atoms with Gasteiger partial charge in [-0.1, -0.05) is 48.0 Å². The normalized spacial score (nSPS) is 16.6.